The molecule has 1 saturated carbocycles. The van der Waals surface area contributed by atoms with Crippen LogP contribution in [0.4, 0.5) is 11.5 Å². The third kappa shape index (κ3) is 3.15. The van der Waals surface area contributed by atoms with Crippen molar-refractivity contribution in [1.29, 1.82) is 5.26 Å². The fourth-order valence-corrected chi connectivity index (χ4v) is 1.83. The number of carbonyl (C=O) groups is 1. The quantitative estimate of drug-likeness (QED) is 0.895. The monoisotopic (exact) mass is 279 g/mol. The summed E-state index contributed by atoms with van der Waals surface area (Å²) in [5, 5.41) is 14.9. The molecule has 1 amide bonds. The summed E-state index contributed by atoms with van der Waals surface area (Å²) in [6.45, 7) is 0. The van der Waals surface area contributed by atoms with E-state index < -0.39 is 0 Å². The van der Waals surface area contributed by atoms with Crippen LogP contribution in [0.3, 0.4) is 0 Å². The number of para-hydroxylation sites is 1. The average Bonchev–Trinajstić information content (AvgIpc) is 3.32. The number of anilines is 2. The second-order valence-electron chi connectivity index (χ2n) is 4.82. The molecule has 1 aromatic carbocycles. The third-order valence-electron chi connectivity index (χ3n) is 3.11. The average molecular weight is 279 g/mol. The smallest absolute Gasteiger partial charge is 0.275 e. The lowest BCUT2D eigenvalue weighted by atomic mass is 10.2. The Labute approximate surface area is 121 Å². The van der Waals surface area contributed by atoms with Gasteiger partial charge in [-0.15, -0.1) is 0 Å². The van der Waals surface area contributed by atoms with E-state index in [1.165, 1.54) is 6.20 Å². The number of benzene rings is 1. The predicted molar refractivity (Wildman–Crippen MR) is 77.8 cm³/mol. The minimum Gasteiger partial charge on any atom is -0.366 e. The van der Waals surface area contributed by atoms with Gasteiger partial charge in [0.25, 0.3) is 5.91 Å². The molecule has 21 heavy (non-hydrogen) atoms. The largest absolute Gasteiger partial charge is 0.366 e. The molecule has 2 N–H and O–H groups in total. The van der Waals surface area contributed by atoms with E-state index in [0.717, 1.165) is 12.8 Å². The molecule has 1 aromatic heterocycles. The summed E-state index contributed by atoms with van der Waals surface area (Å²) in [4.78, 5) is 20.3. The van der Waals surface area contributed by atoms with Crippen molar-refractivity contribution in [3.63, 3.8) is 0 Å². The summed E-state index contributed by atoms with van der Waals surface area (Å²) in [6.07, 6.45) is 5.27. The zero-order valence-electron chi connectivity index (χ0n) is 11.2. The van der Waals surface area contributed by atoms with E-state index in [-0.39, 0.29) is 11.6 Å². The first-order chi connectivity index (χ1) is 10.3. The van der Waals surface area contributed by atoms with Gasteiger partial charge in [-0.25, -0.2) is 9.97 Å². The second-order valence-corrected chi connectivity index (χ2v) is 4.82. The fraction of sp³-hybridized carbons (Fsp3) is 0.200. The number of hydrogen-bond donors (Lipinski definition) is 2. The van der Waals surface area contributed by atoms with E-state index in [2.05, 4.69) is 20.6 Å². The van der Waals surface area contributed by atoms with Crippen LogP contribution in [0.25, 0.3) is 0 Å². The summed E-state index contributed by atoms with van der Waals surface area (Å²) in [5.41, 5.74) is 1.09. The first kappa shape index (κ1) is 13.1. The number of nitrogens with one attached hydrogen (secondary N) is 2. The second kappa shape index (κ2) is 5.59. The lowest BCUT2D eigenvalue weighted by molar-refractivity contribution is 0.102. The van der Waals surface area contributed by atoms with Gasteiger partial charge in [-0.2, -0.15) is 5.26 Å². The lowest BCUT2D eigenvalue weighted by Crippen LogP contribution is -2.15. The summed E-state index contributed by atoms with van der Waals surface area (Å²) in [7, 11) is 0. The van der Waals surface area contributed by atoms with Crippen molar-refractivity contribution >= 4 is 17.4 Å². The van der Waals surface area contributed by atoms with Crippen LogP contribution in [0.1, 0.15) is 28.9 Å². The number of carbonyl (C=O) groups excluding carboxylic acids is 1. The molecule has 1 aliphatic carbocycles. The zero-order chi connectivity index (χ0) is 14.7. The molecule has 2 aromatic rings. The van der Waals surface area contributed by atoms with Crippen LogP contribution in [0.5, 0.6) is 0 Å². The Morgan fingerprint density at radius 1 is 1.24 bits per heavy atom. The van der Waals surface area contributed by atoms with Crippen LogP contribution < -0.4 is 10.6 Å². The molecule has 0 spiro atoms. The number of nitrogens with zero attached hydrogens (tertiary/aromatic N) is 3. The fourth-order valence-electron chi connectivity index (χ4n) is 1.83. The van der Waals surface area contributed by atoms with Gasteiger partial charge in [-0.3, -0.25) is 4.79 Å². The Bertz CT molecular complexity index is 701. The van der Waals surface area contributed by atoms with E-state index in [4.69, 9.17) is 5.26 Å². The van der Waals surface area contributed by atoms with Crippen molar-refractivity contribution in [1.82, 2.24) is 9.97 Å². The molecule has 0 aliphatic heterocycles. The summed E-state index contributed by atoms with van der Waals surface area (Å²) in [6, 6.07) is 9.33. The molecule has 0 saturated heterocycles. The first-order valence-corrected chi connectivity index (χ1v) is 6.65. The Morgan fingerprint density at radius 3 is 2.71 bits per heavy atom. The topological polar surface area (TPSA) is 90.7 Å². The standard InChI is InChI=1S/C15H13N5O/c16-7-10-3-1-2-4-12(10)20-15(21)13-8-18-14(9-17-13)19-11-5-6-11/h1-4,8-9,11H,5-6H2,(H,18,19)(H,20,21). The third-order valence-corrected chi connectivity index (χ3v) is 3.11. The normalized spacial score (nSPS) is 13.3. The van der Waals surface area contributed by atoms with Crippen LogP contribution in [-0.4, -0.2) is 21.9 Å². The van der Waals surface area contributed by atoms with Crippen molar-refractivity contribution in [2.24, 2.45) is 0 Å². The van der Waals surface area contributed by atoms with E-state index in [0.29, 0.717) is 23.1 Å². The molecule has 6 nitrogen and oxygen atoms in total. The minimum absolute atomic E-state index is 0.212. The molecule has 0 radical (unpaired) electrons. The van der Waals surface area contributed by atoms with Crippen molar-refractivity contribution in [3.05, 3.63) is 47.9 Å². The highest BCUT2D eigenvalue weighted by Crippen LogP contribution is 2.23. The Kier molecular flexibility index (Phi) is 3.48. The van der Waals surface area contributed by atoms with Gasteiger partial charge in [-0.05, 0) is 25.0 Å². The van der Waals surface area contributed by atoms with Crippen LogP contribution in [0.15, 0.2) is 36.7 Å². The molecule has 1 heterocycles. The number of rotatable bonds is 4. The summed E-state index contributed by atoms with van der Waals surface area (Å²) >= 11 is 0. The molecule has 1 aliphatic rings. The van der Waals surface area contributed by atoms with Gasteiger partial charge in [0, 0.05) is 6.04 Å². The maximum Gasteiger partial charge on any atom is 0.275 e. The zero-order valence-corrected chi connectivity index (χ0v) is 11.2. The van der Waals surface area contributed by atoms with Crippen molar-refractivity contribution in [2.75, 3.05) is 10.6 Å². The highest BCUT2D eigenvalue weighted by Gasteiger charge is 2.21. The molecule has 0 unspecified atom stereocenters. The molecular weight excluding hydrogens is 266 g/mol. The van der Waals surface area contributed by atoms with Gasteiger partial charge < -0.3 is 10.6 Å². The maximum atomic E-state index is 12.1. The molecule has 3 rings (SSSR count). The lowest BCUT2D eigenvalue weighted by Gasteiger charge is -2.07. The van der Waals surface area contributed by atoms with Gasteiger partial charge in [-0.1, -0.05) is 12.1 Å². The highest BCUT2D eigenvalue weighted by molar-refractivity contribution is 6.03. The van der Waals surface area contributed by atoms with Crippen molar-refractivity contribution in [2.45, 2.75) is 18.9 Å². The Balaban J connectivity index is 1.71. The number of amides is 1. The van der Waals surface area contributed by atoms with Crippen molar-refractivity contribution in [3.8, 4) is 6.07 Å². The number of aromatic nitrogens is 2. The summed E-state index contributed by atoms with van der Waals surface area (Å²) in [5.74, 6) is 0.287. The molecule has 104 valence electrons. The van der Waals surface area contributed by atoms with E-state index in [1.807, 2.05) is 6.07 Å². The van der Waals surface area contributed by atoms with E-state index in [1.54, 1.807) is 30.5 Å². The summed E-state index contributed by atoms with van der Waals surface area (Å²) < 4.78 is 0. The van der Waals surface area contributed by atoms with Crippen LogP contribution in [0, 0.1) is 11.3 Å². The van der Waals surface area contributed by atoms with Gasteiger partial charge in [0.15, 0.2) is 0 Å². The Hall–Kier alpha value is -2.94. The predicted octanol–water partition coefficient (Wildman–Crippen LogP) is 2.17. The molecular formula is C15H13N5O. The van der Waals surface area contributed by atoms with Crippen LogP contribution >= 0.6 is 0 Å². The molecule has 1 fully saturated rings. The van der Waals surface area contributed by atoms with E-state index in [9.17, 15) is 4.79 Å². The van der Waals surface area contributed by atoms with Crippen LogP contribution in [-0.2, 0) is 0 Å². The van der Waals surface area contributed by atoms with Gasteiger partial charge in [0.05, 0.1) is 23.6 Å². The van der Waals surface area contributed by atoms with E-state index >= 15 is 0 Å². The highest BCUT2D eigenvalue weighted by atomic mass is 16.1. The first-order valence-electron chi connectivity index (χ1n) is 6.65. The minimum atomic E-state index is -0.386. The van der Waals surface area contributed by atoms with Gasteiger partial charge in [0.1, 0.15) is 17.6 Å². The molecule has 0 atom stereocenters. The van der Waals surface area contributed by atoms with Crippen molar-refractivity contribution < 1.29 is 4.79 Å². The van der Waals surface area contributed by atoms with Crippen LogP contribution in [0.2, 0.25) is 0 Å². The number of nitriles is 1. The van der Waals surface area contributed by atoms with Gasteiger partial charge in [0.2, 0.25) is 0 Å². The maximum absolute atomic E-state index is 12.1. The SMILES string of the molecule is N#Cc1ccccc1NC(=O)c1cnc(NC2CC2)cn1. The van der Waals surface area contributed by atoms with Gasteiger partial charge >= 0.3 is 0 Å². The molecule has 6 heteroatoms. The number of hydrogen-bond acceptors (Lipinski definition) is 5. The Morgan fingerprint density at radius 2 is 2.05 bits per heavy atom. The molecule has 0 bridgehead atoms.